The largest absolute Gasteiger partial charge is 0.392 e. The van der Waals surface area contributed by atoms with Crippen LogP contribution in [0.3, 0.4) is 0 Å². The maximum absolute atomic E-state index is 12.4. The van der Waals surface area contributed by atoms with E-state index in [0.717, 1.165) is 44.6 Å². The molecular weight excluding hydrogens is 673 g/mol. The Kier molecular flexibility index (Phi) is 11.3. The summed E-state index contributed by atoms with van der Waals surface area (Å²) in [7, 11) is 0. The molecule has 6 aromatic rings. The molecule has 7 rings (SSSR count). The van der Waals surface area contributed by atoms with Gasteiger partial charge in [-0.2, -0.15) is 4.68 Å². The summed E-state index contributed by atoms with van der Waals surface area (Å²) in [5.74, 6) is 0.628. The summed E-state index contributed by atoms with van der Waals surface area (Å²) in [6.07, 6.45) is -1.02. The highest BCUT2D eigenvalue weighted by atomic mass is 32.2. The first kappa shape index (κ1) is 35.1. The van der Waals surface area contributed by atoms with Crippen LogP contribution in [-0.4, -0.2) is 43.2 Å². The van der Waals surface area contributed by atoms with Crippen LogP contribution in [0.5, 0.6) is 0 Å². The van der Waals surface area contributed by atoms with Crippen molar-refractivity contribution in [3.8, 4) is 16.8 Å². The van der Waals surface area contributed by atoms with E-state index in [2.05, 4.69) is 57.3 Å². The van der Waals surface area contributed by atoms with Crippen LogP contribution >= 0.6 is 11.8 Å². The third-order valence-electron chi connectivity index (χ3n) is 9.13. The van der Waals surface area contributed by atoms with Gasteiger partial charge in [-0.25, -0.2) is 4.79 Å². The Labute approximate surface area is 307 Å². The van der Waals surface area contributed by atoms with E-state index in [1.165, 1.54) is 0 Å². The Morgan fingerprint density at radius 3 is 2.15 bits per heavy atom. The number of rotatable bonds is 12. The lowest BCUT2D eigenvalue weighted by Gasteiger charge is -2.41. The highest BCUT2D eigenvalue weighted by Gasteiger charge is 2.38. The number of tetrazole rings is 1. The minimum atomic E-state index is -0.603. The Hall–Kier alpha value is -5.33. The molecule has 2 heterocycles. The Bertz CT molecular complexity index is 2040. The molecule has 52 heavy (non-hydrogen) atoms. The number of nitrogens with one attached hydrogen (secondary N) is 2. The summed E-state index contributed by atoms with van der Waals surface area (Å²) in [6, 6.07) is 43.7. The van der Waals surface area contributed by atoms with Crippen molar-refractivity contribution < 1.29 is 19.4 Å². The van der Waals surface area contributed by atoms with Crippen LogP contribution in [-0.2, 0) is 29.2 Å². The van der Waals surface area contributed by atoms with E-state index in [1.54, 1.807) is 16.4 Å². The van der Waals surface area contributed by atoms with Gasteiger partial charge in [-0.1, -0.05) is 134 Å². The second kappa shape index (κ2) is 16.8. The van der Waals surface area contributed by atoms with Gasteiger partial charge >= 0.3 is 6.03 Å². The maximum atomic E-state index is 12.4. The van der Waals surface area contributed by atoms with Gasteiger partial charge in [0.25, 0.3) is 0 Å². The predicted octanol–water partition coefficient (Wildman–Crippen LogP) is 7.40. The predicted molar refractivity (Wildman–Crippen MR) is 200 cm³/mol. The number of aliphatic hydroxyl groups is 1. The number of amides is 2. The van der Waals surface area contributed by atoms with E-state index in [-0.39, 0.29) is 30.8 Å². The zero-order valence-corrected chi connectivity index (χ0v) is 29.5. The van der Waals surface area contributed by atoms with Crippen LogP contribution < -0.4 is 10.6 Å². The lowest BCUT2D eigenvalue weighted by Crippen LogP contribution is -2.38. The van der Waals surface area contributed by atoms with Crippen LogP contribution in [0.15, 0.2) is 139 Å². The zero-order valence-electron chi connectivity index (χ0n) is 28.7. The molecular formula is C41H40N6O4S. The molecule has 3 N–H and O–H groups in total. The molecule has 0 radical (unpaired) electrons. The molecule has 0 spiro atoms. The molecule has 5 aromatic carbocycles. The van der Waals surface area contributed by atoms with Crippen molar-refractivity contribution in [2.45, 2.75) is 50.3 Å². The van der Waals surface area contributed by atoms with Gasteiger partial charge in [0, 0.05) is 30.3 Å². The SMILES string of the molecule is C[C@H]1[C@@H](CSc2nnnn2-c2ccccc2)O[C@@H](c2ccc(-c3cccc(CNC(=O)NCc4ccccc4)c3)cc2)O[C@H]1c1ccc(CO)cc1. The molecule has 1 fully saturated rings. The van der Waals surface area contributed by atoms with Crippen molar-refractivity contribution in [2.24, 2.45) is 5.92 Å². The second-order valence-electron chi connectivity index (χ2n) is 12.7. The highest BCUT2D eigenvalue weighted by molar-refractivity contribution is 7.99. The number of urea groups is 1. The molecule has 0 bridgehead atoms. The number of thioether (sulfide) groups is 1. The smallest absolute Gasteiger partial charge is 0.315 e. The van der Waals surface area contributed by atoms with E-state index in [1.807, 2.05) is 109 Å². The summed E-state index contributed by atoms with van der Waals surface area (Å²) in [5, 5.41) is 28.6. The number of para-hydroxylation sites is 1. The van der Waals surface area contributed by atoms with Crippen molar-refractivity contribution in [2.75, 3.05) is 5.75 Å². The topological polar surface area (TPSA) is 123 Å². The minimum Gasteiger partial charge on any atom is -0.392 e. The highest BCUT2D eigenvalue weighted by Crippen LogP contribution is 2.43. The second-order valence-corrected chi connectivity index (χ2v) is 13.7. The fourth-order valence-corrected chi connectivity index (χ4v) is 7.24. The number of benzene rings is 5. The summed E-state index contributed by atoms with van der Waals surface area (Å²) < 4.78 is 15.1. The van der Waals surface area contributed by atoms with Crippen molar-refractivity contribution in [3.05, 3.63) is 161 Å². The van der Waals surface area contributed by atoms with Crippen LogP contribution in [0, 0.1) is 5.92 Å². The molecule has 2 amide bonds. The molecule has 11 heteroatoms. The van der Waals surface area contributed by atoms with Gasteiger partial charge in [0.1, 0.15) is 0 Å². The number of hydrogen-bond acceptors (Lipinski definition) is 8. The molecule has 1 aliphatic heterocycles. The van der Waals surface area contributed by atoms with Crippen LogP contribution in [0.25, 0.3) is 16.8 Å². The number of aliphatic hydroxyl groups excluding tert-OH is 1. The summed E-state index contributed by atoms with van der Waals surface area (Å²) in [6.45, 7) is 3.01. The monoisotopic (exact) mass is 712 g/mol. The van der Waals surface area contributed by atoms with Gasteiger partial charge in [0.15, 0.2) is 6.29 Å². The summed E-state index contributed by atoms with van der Waals surface area (Å²) in [4.78, 5) is 12.4. The van der Waals surface area contributed by atoms with Crippen molar-refractivity contribution in [1.29, 1.82) is 0 Å². The summed E-state index contributed by atoms with van der Waals surface area (Å²) >= 11 is 1.55. The number of nitrogens with zero attached hydrogens (tertiary/aromatic N) is 4. The fourth-order valence-electron chi connectivity index (χ4n) is 6.18. The van der Waals surface area contributed by atoms with Gasteiger partial charge in [0.05, 0.1) is 24.5 Å². The van der Waals surface area contributed by atoms with Crippen molar-refractivity contribution in [1.82, 2.24) is 30.8 Å². The third kappa shape index (κ3) is 8.58. The Morgan fingerprint density at radius 1 is 0.750 bits per heavy atom. The lowest BCUT2D eigenvalue weighted by molar-refractivity contribution is -0.268. The van der Waals surface area contributed by atoms with Gasteiger partial charge in [-0.05, 0) is 62.0 Å². The van der Waals surface area contributed by atoms with Crippen LogP contribution in [0.1, 0.15) is 47.1 Å². The van der Waals surface area contributed by atoms with Gasteiger partial charge < -0.3 is 25.2 Å². The molecule has 264 valence electrons. The average Bonchev–Trinajstić information content (AvgIpc) is 3.69. The number of carbonyl (C=O) groups excluding carboxylic acids is 1. The van der Waals surface area contributed by atoms with Crippen molar-refractivity contribution in [3.63, 3.8) is 0 Å². The van der Waals surface area contributed by atoms with Gasteiger partial charge in [-0.3, -0.25) is 0 Å². The Balaban J connectivity index is 1.04. The molecule has 1 saturated heterocycles. The normalized spacial score (nSPS) is 18.5. The minimum absolute atomic E-state index is 0.0147. The number of aromatic nitrogens is 4. The first-order valence-corrected chi connectivity index (χ1v) is 18.2. The maximum Gasteiger partial charge on any atom is 0.315 e. The van der Waals surface area contributed by atoms with E-state index in [9.17, 15) is 9.90 Å². The first-order chi connectivity index (χ1) is 25.5. The molecule has 0 aliphatic carbocycles. The zero-order chi connectivity index (χ0) is 35.7. The number of hydrogen-bond donors (Lipinski definition) is 3. The molecule has 10 nitrogen and oxygen atoms in total. The fraction of sp³-hybridized carbons (Fsp3) is 0.220. The molecule has 1 aliphatic rings. The summed E-state index contributed by atoms with van der Waals surface area (Å²) in [5.41, 5.74) is 7.80. The quantitative estimate of drug-likeness (QED) is 0.112. The van der Waals surface area contributed by atoms with E-state index >= 15 is 0 Å². The lowest BCUT2D eigenvalue weighted by atomic mass is 9.91. The average molecular weight is 713 g/mol. The number of ether oxygens (including phenoxy) is 2. The van der Waals surface area contributed by atoms with E-state index in [0.29, 0.717) is 24.0 Å². The van der Waals surface area contributed by atoms with Gasteiger partial charge in [0.2, 0.25) is 5.16 Å². The van der Waals surface area contributed by atoms with Gasteiger partial charge in [-0.15, -0.1) is 5.10 Å². The van der Waals surface area contributed by atoms with E-state index < -0.39 is 6.29 Å². The number of carbonyl (C=O) groups is 1. The Morgan fingerprint density at radius 2 is 1.42 bits per heavy atom. The molecule has 4 atom stereocenters. The first-order valence-electron chi connectivity index (χ1n) is 17.3. The third-order valence-corrected chi connectivity index (χ3v) is 10.1. The van der Waals surface area contributed by atoms with Crippen LogP contribution in [0.2, 0.25) is 0 Å². The molecule has 0 unspecified atom stereocenters. The molecule has 1 aromatic heterocycles. The van der Waals surface area contributed by atoms with Crippen LogP contribution in [0.4, 0.5) is 4.79 Å². The molecule has 0 saturated carbocycles. The standard InChI is InChI=1S/C41H40N6O4S/c1-28-37(27-52-41-44-45-46-47(41)36-13-6-3-7-14-36)50-39(51-38(28)33-17-15-30(26-48)16-18-33)34-21-19-32(20-22-34)35-12-8-11-31(23-35)25-43-40(49)42-24-29-9-4-2-5-10-29/h2-23,28,37-39,48H,24-27H2,1H3,(H2,42,43,49)/t28-,37+,38+,39+/m0/s1. The van der Waals surface area contributed by atoms with Crippen molar-refractivity contribution >= 4 is 17.8 Å². The van der Waals surface area contributed by atoms with E-state index in [4.69, 9.17) is 9.47 Å².